The van der Waals surface area contributed by atoms with Gasteiger partial charge in [-0.2, -0.15) is 0 Å². The molecule has 0 aromatic rings. The Hall–Kier alpha value is -1.06. The number of primary amides is 1. The number of carbonyl (C=O) groups is 2. The van der Waals surface area contributed by atoms with Crippen molar-refractivity contribution in [2.24, 2.45) is 23.5 Å². The Morgan fingerprint density at radius 1 is 1.12 bits per heavy atom. The average molecular weight is 228 g/mol. The SMILES string of the molecule is CC(C)C[C@H](NC(=O)[C@H](C)C(C)C)C(N)=O. The van der Waals surface area contributed by atoms with Crippen LogP contribution in [-0.2, 0) is 9.59 Å². The molecule has 0 aromatic heterocycles. The molecule has 0 saturated heterocycles. The molecule has 0 heterocycles. The predicted molar refractivity (Wildman–Crippen MR) is 64.6 cm³/mol. The summed E-state index contributed by atoms with van der Waals surface area (Å²) in [6, 6.07) is -0.548. The molecule has 0 bridgehead atoms. The maximum Gasteiger partial charge on any atom is 0.240 e. The summed E-state index contributed by atoms with van der Waals surface area (Å²) in [6.07, 6.45) is 0.589. The van der Waals surface area contributed by atoms with Gasteiger partial charge in [-0.3, -0.25) is 9.59 Å². The second kappa shape index (κ2) is 6.51. The Morgan fingerprint density at radius 2 is 1.62 bits per heavy atom. The third-order valence-electron chi connectivity index (χ3n) is 2.78. The first-order valence-corrected chi connectivity index (χ1v) is 5.85. The fraction of sp³-hybridized carbons (Fsp3) is 0.833. The fourth-order valence-corrected chi connectivity index (χ4v) is 1.32. The first kappa shape index (κ1) is 14.9. The predicted octanol–water partition coefficient (Wildman–Crippen LogP) is 1.29. The van der Waals surface area contributed by atoms with Crippen molar-refractivity contribution in [1.29, 1.82) is 0 Å². The number of amides is 2. The third-order valence-corrected chi connectivity index (χ3v) is 2.78. The maximum absolute atomic E-state index is 11.8. The minimum absolute atomic E-state index is 0.0977. The van der Waals surface area contributed by atoms with E-state index in [1.54, 1.807) is 0 Å². The van der Waals surface area contributed by atoms with Gasteiger partial charge in [-0.15, -0.1) is 0 Å². The molecule has 4 nitrogen and oxygen atoms in total. The number of nitrogens with one attached hydrogen (secondary N) is 1. The fourth-order valence-electron chi connectivity index (χ4n) is 1.32. The van der Waals surface area contributed by atoms with Crippen molar-refractivity contribution in [1.82, 2.24) is 5.32 Å². The summed E-state index contributed by atoms with van der Waals surface area (Å²) in [7, 11) is 0. The summed E-state index contributed by atoms with van der Waals surface area (Å²) in [5.41, 5.74) is 5.26. The first-order chi connectivity index (χ1) is 7.25. The monoisotopic (exact) mass is 228 g/mol. The quantitative estimate of drug-likeness (QED) is 0.719. The second-order valence-corrected chi connectivity index (χ2v) is 5.13. The molecule has 94 valence electrons. The lowest BCUT2D eigenvalue weighted by Crippen LogP contribution is -2.47. The molecule has 2 atom stereocenters. The van der Waals surface area contributed by atoms with E-state index in [1.807, 2.05) is 34.6 Å². The van der Waals surface area contributed by atoms with Crippen LogP contribution in [0, 0.1) is 17.8 Å². The molecule has 4 heteroatoms. The van der Waals surface area contributed by atoms with Gasteiger partial charge < -0.3 is 11.1 Å². The molecule has 0 aliphatic heterocycles. The van der Waals surface area contributed by atoms with E-state index < -0.39 is 11.9 Å². The molecule has 0 aromatic carbocycles. The van der Waals surface area contributed by atoms with E-state index in [-0.39, 0.29) is 17.7 Å². The van der Waals surface area contributed by atoms with Crippen LogP contribution in [0.5, 0.6) is 0 Å². The molecule has 0 radical (unpaired) electrons. The Morgan fingerprint density at radius 3 is 1.94 bits per heavy atom. The van der Waals surface area contributed by atoms with Crippen LogP contribution in [0.3, 0.4) is 0 Å². The Labute approximate surface area is 98.0 Å². The van der Waals surface area contributed by atoms with Crippen molar-refractivity contribution < 1.29 is 9.59 Å². The van der Waals surface area contributed by atoms with Gasteiger partial charge >= 0.3 is 0 Å². The topological polar surface area (TPSA) is 72.2 Å². The van der Waals surface area contributed by atoms with Crippen LogP contribution in [-0.4, -0.2) is 17.9 Å². The van der Waals surface area contributed by atoms with Gasteiger partial charge in [-0.05, 0) is 18.3 Å². The standard InChI is InChI=1S/C12H24N2O2/c1-7(2)6-10(11(13)15)14-12(16)9(5)8(3)4/h7-10H,6H2,1-5H3,(H2,13,15)(H,14,16)/t9-,10+/m1/s1. The second-order valence-electron chi connectivity index (χ2n) is 5.13. The Kier molecular flexibility index (Phi) is 6.08. The van der Waals surface area contributed by atoms with E-state index in [2.05, 4.69) is 5.32 Å². The molecule has 0 spiro atoms. The lowest BCUT2D eigenvalue weighted by Gasteiger charge is -2.21. The number of hydrogen-bond donors (Lipinski definition) is 2. The largest absolute Gasteiger partial charge is 0.368 e. The van der Waals surface area contributed by atoms with Gasteiger partial charge in [0.2, 0.25) is 11.8 Å². The van der Waals surface area contributed by atoms with Gasteiger partial charge in [-0.1, -0.05) is 34.6 Å². The van der Waals surface area contributed by atoms with Crippen LogP contribution in [0.25, 0.3) is 0 Å². The average Bonchev–Trinajstić information content (AvgIpc) is 2.14. The van der Waals surface area contributed by atoms with E-state index in [4.69, 9.17) is 5.73 Å². The zero-order valence-electron chi connectivity index (χ0n) is 10.9. The summed E-state index contributed by atoms with van der Waals surface area (Å²) in [4.78, 5) is 22.9. The highest BCUT2D eigenvalue weighted by Gasteiger charge is 2.23. The van der Waals surface area contributed by atoms with Crippen LogP contribution in [0.1, 0.15) is 41.0 Å². The molecule has 16 heavy (non-hydrogen) atoms. The molecule has 0 unspecified atom stereocenters. The zero-order chi connectivity index (χ0) is 12.9. The van der Waals surface area contributed by atoms with E-state index in [0.29, 0.717) is 12.3 Å². The Balaban J connectivity index is 4.40. The van der Waals surface area contributed by atoms with Crippen LogP contribution in [0.2, 0.25) is 0 Å². The minimum Gasteiger partial charge on any atom is -0.368 e. The van der Waals surface area contributed by atoms with Gasteiger partial charge in [0.05, 0.1) is 0 Å². The highest BCUT2D eigenvalue weighted by Crippen LogP contribution is 2.11. The highest BCUT2D eigenvalue weighted by molar-refractivity contribution is 5.87. The van der Waals surface area contributed by atoms with E-state index >= 15 is 0 Å². The molecule has 0 rings (SSSR count). The lowest BCUT2D eigenvalue weighted by molar-refractivity contribution is -0.130. The third kappa shape index (κ3) is 5.14. The highest BCUT2D eigenvalue weighted by atomic mass is 16.2. The molecule has 2 amide bonds. The van der Waals surface area contributed by atoms with Crippen molar-refractivity contribution in [3.05, 3.63) is 0 Å². The first-order valence-electron chi connectivity index (χ1n) is 5.85. The van der Waals surface area contributed by atoms with E-state index in [1.165, 1.54) is 0 Å². The van der Waals surface area contributed by atoms with Gasteiger partial charge in [0.15, 0.2) is 0 Å². The zero-order valence-corrected chi connectivity index (χ0v) is 10.9. The van der Waals surface area contributed by atoms with Gasteiger partial charge in [0.25, 0.3) is 0 Å². The summed E-state index contributed by atoms with van der Waals surface area (Å²) in [6.45, 7) is 9.80. The van der Waals surface area contributed by atoms with Crippen LogP contribution in [0.15, 0.2) is 0 Å². The number of carbonyl (C=O) groups excluding carboxylic acids is 2. The minimum atomic E-state index is -0.548. The molecule has 0 saturated carbocycles. The maximum atomic E-state index is 11.8. The van der Waals surface area contributed by atoms with Crippen molar-refractivity contribution in [3.63, 3.8) is 0 Å². The molecule has 3 N–H and O–H groups in total. The molecule has 0 aliphatic rings. The van der Waals surface area contributed by atoms with Gasteiger partial charge in [-0.25, -0.2) is 0 Å². The summed E-state index contributed by atoms with van der Waals surface area (Å²) >= 11 is 0. The summed E-state index contributed by atoms with van der Waals surface area (Å²) in [5.74, 6) is -0.0776. The molecular formula is C12H24N2O2. The number of nitrogens with two attached hydrogens (primary N) is 1. The van der Waals surface area contributed by atoms with Crippen LogP contribution < -0.4 is 11.1 Å². The summed E-state index contributed by atoms with van der Waals surface area (Å²) < 4.78 is 0. The smallest absolute Gasteiger partial charge is 0.240 e. The van der Waals surface area contributed by atoms with Crippen molar-refractivity contribution in [2.45, 2.75) is 47.1 Å². The van der Waals surface area contributed by atoms with Crippen molar-refractivity contribution >= 4 is 11.8 Å². The van der Waals surface area contributed by atoms with Crippen molar-refractivity contribution in [3.8, 4) is 0 Å². The lowest BCUT2D eigenvalue weighted by atomic mass is 9.96. The van der Waals surface area contributed by atoms with E-state index in [9.17, 15) is 9.59 Å². The van der Waals surface area contributed by atoms with Crippen LogP contribution >= 0.6 is 0 Å². The molecule has 0 fully saturated rings. The van der Waals surface area contributed by atoms with Crippen LogP contribution in [0.4, 0.5) is 0 Å². The molecule has 0 aliphatic carbocycles. The van der Waals surface area contributed by atoms with Gasteiger partial charge in [0, 0.05) is 5.92 Å². The van der Waals surface area contributed by atoms with Crippen molar-refractivity contribution in [2.75, 3.05) is 0 Å². The van der Waals surface area contributed by atoms with E-state index in [0.717, 1.165) is 0 Å². The summed E-state index contributed by atoms with van der Waals surface area (Å²) in [5, 5.41) is 2.72. The van der Waals surface area contributed by atoms with Gasteiger partial charge in [0.1, 0.15) is 6.04 Å². The Bertz CT molecular complexity index is 249. The normalized spacial score (nSPS) is 14.9. The molecular weight excluding hydrogens is 204 g/mol. The number of hydrogen-bond acceptors (Lipinski definition) is 2. The number of rotatable bonds is 6.